The van der Waals surface area contributed by atoms with Crippen molar-refractivity contribution >= 4 is 58.5 Å². The van der Waals surface area contributed by atoms with Crippen LogP contribution in [0.1, 0.15) is 12.5 Å². The third kappa shape index (κ3) is 5.81. The van der Waals surface area contributed by atoms with E-state index in [0.29, 0.717) is 16.7 Å². The topological polar surface area (TPSA) is 80.2 Å². The van der Waals surface area contributed by atoms with Crippen molar-refractivity contribution in [2.24, 2.45) is 5.10 Å². The summed E-state index contributed by atoms with van der Waals surface area (Å²) < 4.78 is 10.5. The van der Waals surface area contributed by atoms with Gasteiger partial charge in [0.1, 0.15) is 5.75 Å². The Morgan fingerprint density at radius 3 is 2.59 bits per heavy atom. The highest BCUT2D eigenvalue weighted by Crippen LogP contribution is 2.39. The minimum Gasteiger partial charge on any atom is -0.504 e. The Morgan fingerprint density at radius 1 is 1.15 bits per heavy atom. The van der Waals surface area contributed by atoms with Crippen LogP contribution >= 0.6 is 46.4 Å². The number of hydrogen-bond donors (Lipinski definition) is 2. The molecule has 0 aliphatic rings. The Balaban J connectivity index is 2.02. The fourth-order valence-corrected chi connectivity index (χ4v) is 2.66. The summed E-state index contributed by atoms with van der Waals surface area (Å²) >= 11 is 23.8. The van der Waals surface area contributed by atoms with Crippen LogP contribution in [0.2, 0.25) is 20.1 Å². The highest BCUT2D eigenvalue weighted by atomic mass is 35.5. The lowest BCUT2D eigenvalue weighted by molar-refractivity contribution is -0.123. The van der Waals surface area contributed by atoms with E-state index >= 15 is 0 Å². The molecule has 0 spiro atoms. The lowest BCUT2D eigenvalue weighted by atomic mass is 10.2. The zero-order valence-corrected chi connectivity index (χ0v) is 17.0. The summed E-state index contributed by atoms with van der Waals surface area (Å²) in [6.45, 7) is 1.72. The number of hydrazone groups is 1. The quantitative estimate of drug-likeness (QED) is 0.461. The van der Waals surface area contributed by atoms with Crippen LogP contribution in [0.3, 0.4) is 0 Å². The Morgan fingerprint density at radius 2 is 1.89 bits per heavy atom. The summed E-state index contributed by atoms with van der Waals surface area (Å²) in [6.07, 6.45) is 1.15. The summed E-state index contributed by atoms with van der Waals surface area (Å²) in [7, 11) is 0. The smallest absolute Gasteiger partial charge is 0.277 e. The molecule has 0 aliphatic heterocycles. The second-order valence-electron chi connectivity index (χ2n) is 5.02. The Kier molecular flexibility index (Phi) is 7.86. The number of carbonyl (C=O) groups is 1. The molecule has 0 atom stereocenters. The Labute approximate surface area is 175 Å². The van der Waals surface area contributed by atoms with E-state index in [0.717, 1.165) is 6.21 Å². The number of halogens is 4. The lowest BCUT2D eigenvalue weighted by Gasteiger charge is -2.11. The molecule has 2 N–H and O–H groups in total. The molecular weight excluding hydrogens is 438 g/mol. The molecule has 2 aromatic carbocycles. The van der Waals surface area contributed by atoms with Gasteiger partial charge in [-0.15, -0.1) is 0 Å². The van der Waals surface area contributed by atoms with Gasteiger partial charge in [-0.1, -0.05) is 46.4 Å². The van der Waals surface area contributed by atoms with Gasteiger partial charge in [0.15, 0.2) is 18.1 Å². The monoisotopic (exact) mass is 450 g/mol. The SMILES string of the molecule is CCOc1cc(Cl)c(Cl)c(/C=N/NC(=O)COc2cc(Cl)ccc2Cl)c1O. The van der Waals surface area contributed by atoms with Crippen molar-refractivity contribution < 1.29 is 19.4 Å². The molecule has 10 heteroatoms. The molecule has 0 unspecified atom stereocenters. The predicted octanol–water partition coefficient (Wildman–Crippen LogP) is 4.93. The first-order valence-corrected chi connectivity index (χ1v) is 9.08. The van der Waals surface area contributed by atoms with Gasteiger partial charge in [0.2, 0.25) is 0 Å². The average Bonchev–Trinajstić information content (AvgIpc) is 2.63. The van der Waals surface area contributed by atoms with E-state index < -0.39 is 5.91 Å². The van der Waals surface area contributed by atoms with Crippen LogP contribution in [-0.2, 0) is 4.79 Å². The van der Waals surface area contributed by atoms with Crippen LogP contribution in [0.4, 0.5) is 0 Å². The van der Waals surface area contributed by atoms with E-state index in [1.165, 1.54) is 12.1 Å². The number of carbonyl (C=O) groups excluding carboxylic acids is 1. The van der Waals surface area contributed by atoms with E-state index in [4.69, 9.17) is 55.9 Å². The van der Waals surface area contributed by atoms with Crippen molar-refractivity contribution in [1.29, 1.82) is 0 Å². The van der Waals surface area contributed by atoms with Crippen molar-refractivity contribution in [3.8, 4) is 17.2 Å². The number of benzene rings is 2. The van der Waals surface area contributed by atoms with Crippen molar-refractivity contribution in [1.82, 2.24) is 5.43 Å². The first-order valence-electron chi connectivity index (χ1n) is 7.57. The van der Waals surface area contributed by atoms with Crippen molar-refractivity contribution in [3.05, 3.63) is 49.9 Å². The summed E-state index contributed by atoms with van der Waals surface area (Å²) in [6, 6.07) is 6.02. The van der Waals surface area contributed by atoms with Crippen molar-refractivity contribution in [3.63, 3.8) is 0 Å². The minimum absolute atomic E-state index is 0.0672. The van der Waals surface area contributed by atoms with E-state index in [1.54, 1.807) is 19.1 Å². The van der Waals surface area contributed by atoms with Gasteiger partial charge in [-0.3, -0.25) is 4.79 Å². The Hall–Kier alpha value is -1.86. The zero-order chi connectivity index (χ0) is 20.0. The molecule has 144 valence electrons. The van der Waals surface area contributed by atoms with Crippen LogP contribution in [0, 0.1) is 0 Å². The van der Waals surface area contributed by atoms with Crippen molar-refractivity contribution in [2.75, 3.05) is 13.2 Å². The van der Waals surface area contributed by atoms with Gasteiger partial charge in [-0.25, -0.2) is 5.43 Å². The van der Waals surface area contributed by atoms with Crippen LogP contribution in [0.25, 0.3) is 0 Å². The molecule has 0 fully saturated rings. The molecule has 0 aromatic heterocycles. The van der Waals surface area contributed by atoms with Gasteiger partial charge in [0.05, 0.1) is 33.5 Å². The van der Waals surface area contributed by atoms with Crippen molar-refractivity contribution in [2.45, 2.75) is 6.92 Å². The fourth-order valence-electron chi connectivity index (χ4n) is 1.93. The number of aromatic hydroxyl groups is 1. The van der Waals surface area contributed by atoms with Gasteiger partial charge in [-0.05, 0) is 19.1 Å². The zero-order valence-electron chi connectivity index (χ0n) is 13.9. The van der Waals surface area contributed by atoms with Crippen LogP contribution in [-0.4, -0.2) is 30.4 Å². The molecule has 0 saturated carbocycles. The normalized spacial score (nSPS) is 10.9. The highest BCUT2D eigenvalue weighted by molar-refractivity contribution is 6.44. The molecule has 0 radical (unpaired) electrons. The lowest BCUT2D eigenvalue weighted by Crippen LogP contribution is -2.24. The predicted molar refractivity (Wildman–Crippen MR) is 107 cm³/mol. The van der Waals surface area contributed by atoms with E-state index in [9.17, 15) is 9.90 Å². The minimum atomic E-state index is -0.565. The number of hydrogen-bond acceptors (Lipinski definition) is 5. The average molecular weight is 452 g/mol. The van der Waals surface area contributed by atoms with Gasteiger partial charge in [0, 0.05) is 17.2 Å². The largest absolute Gasteiger partial charge is 0.504 e. The maximum atomic E-state index is 11.8. The first-order chi connectivity index (χ1) is 12.8. The fraction of sp³-hybridized carbons (Fsp3) is 0.176. The molecule has 0 saturated heterocycles. The molecule has 1 amide bonds. The second kappa shape index (κ2) is 9.90. The number of phenolic OH excluding ortho intramolecular Hbond substituents is 1. The number of rotatable bonds is 7. The third-order valence-corrected chi connectivity index (χ3v) is 4.48. The van der Waals surface area contributed by atoms with Crippen LogP contribution in [0.15, 0.2) is 29.4 Å². The second-order valence-corrected chi connectivity index (χ2v) is 6.65. The molecule has 6 nitrogen and oxygen atoms in total. The number of nitrogens with zero attached hydrogens (tertiary/aromatic N) is 1. The highest BCUT2D eigenvalue weighted by Gasteiger charge is 2.15. The Bertz CT molecular complexity index is 874. The van der Waals surface area contributed by atoms with E-state index in [1.807, 2.05) is 0 Å². The molecule has 0 bridgehead atoms. The number of amides is 1. The van der Waals surface area contributed by atoms with Crippen LogP contribution in [0.5, 0.6) is 17.2 Å². The number of ether oxygens (including phenoxy) is 2. The summed E-state index contributed by atoms with van der Waals surface area (Å²) in [5.41, 5.74) is 2.34. The number of phenols is 1. The van der Waals surface area contributed by atoms with Gasteiger partial charge < -0.3 is 14.6 Å². The molecule has 2 rings (SSSR count). The molecule has 0 aliphatic carbocycles. The van der Waals surface area contributed by atoms with Gasteiger partial charge >= 0.3 is 0 Å². The van der Waals surface area contributed by atoms with E-state index in [-0.39, 0.29) is 39.5 Å². The molecule has 0 heterocycles. The summed E-state index contributed by atoms with van der Waals surface area (Å²) in [5.74, 6) is -0.394. The van der Waals surface area contributed by atoms with Crippen LogP contribution < -0.4 is 14.9 Å². The van der Waals surface area contributed by atoms with Gasteiger partial charge in [0.25, 0.3) is 5.91 Å². The summed E-state index contributed by atoms with van der Waals surface area (Å²) in [4.78, 5) is 11.8. The summed E-state index contributed by atoms with van der Waals surface area (Å²) in [5, 5.41) is 14.9. The maximum absolute atomic E-state index is 11.8. The van der Waals surface area contributed by atoms with Gasteiger partial charge in [-0.2, -0.15) is 5.10 Å². The molecule has 27 heavy (non-hydrogen) atoms. The standard InChI is InChI=1S/C17H14Cl4N2O4/c1-2-26-14-6-12(20)16(21)10(17(14)25)7-22-23-15(24)8-27-13-5-9(18)3-4-11(13)19/h3-7,25H,2,8H2,1H3,(H,23,24)/b22-7+. The van der Waals surface area contributed by atoms with E-state index in [2.05, 4.69) is 10.5 Å². The third-order valence-electron chi connectivity index (χ3n) is 3.13. The molecule has 2 aromatic rings. The maximum Gasteiger partial charge on any atom is 0.277 e. The number of nitrogens with one attached hydrogen (secondary N) is 1. The first kappa shape index (κ1) is 21.4. The molecular formula is C17H14Cl4N2O4.